The Hall–Kier alpha value is -4.31. The number of carbonyl (C=O) groups excluding carboxylic acids is 1. The molecule has 2 unspecified atom stereocenters. The van der Waals surface area contributed by atoms with Crippen LogP contribution in [0.5, 0.6) is 11.5 Å². The minimum absolute atomic E-state index is 0.00912. The Morgan fingerprint density at radius 2 is 1.58 bits per heavy atom. The Morgan fingerprint density at radius 3 is 2.28 bits per heavy atom. The molecule has 3 aromatic rings. The third-order valence-corrected chi connectivity index (χ3v) is 5.80. The van der Waals surface area contributed by atoms with Crippen LogP contribution in [-0.4, -0.2) is 25.4 Å². The molecule has 184 valence electrons. The number of ether oxygens (including phenoxy) is 3. The standard InChI is InChI=1S/C29H28N2O5/c1-2-33-29(32)28-17-27(28)24-9-13-26(14-10-24)35-19-22-7-11-25(12-8-22)34-16-15-31-36-20-23-5-3-21(18-30)4-6-23/h3-15,27-28H,2,16-17,19-20H2,1H3/b31-15+. The van der Waals surface area contributed by atoms with Gasteiger partial charge in [-0.05, 0) is 72.4 Å². The van der Waals surface area contributed by atoms with Gasteiger partial charge in [0.15, 0.2) is 0 Å². The van der Waals surface area contributed by atoms with Crippen molar-refractivity contribution in [2.24, 2.45) is 11.1 Å². The van der Waals surface area contributed by atoms with Crippen LogP contribution in [-0.2, 0) is 27.6 Å². The van der Waals surface area contributed by atoms with E-state index in [1.165, 1.54) is 0 Å². The minimum Gasteiger partial charge on any atom is -0.489 e. The average Bonchev–Trinajstić information content (AvgIpc) is 3.72. The van der Waals surface area contributed by atoms with Crippen LogP contribution in [0.25, 0.3) is 0 Å². The second kappa shape index (κ2) is 12.4. The highest BCUT2D eigenvalue weighted by molar-refractivity contribution is 5.77. The first-order chi connectivity index (χ1) is 17.7. The van der Waals surface area contributed by atoms with Crippen LogP contribution in [0.3, 0.4) is 0 Å². The summed E-state index contributed by atoms with van der Waals surface area (Å²) in [6.07, 6.45) is 2.41. The number of hydrogen-bond donors (Lipinski definition) is 0. The number of esters is 1. The van der Waals surface area contributed by atoms with Gasteiger partial charge < -0.3 is 19.0 Å². The molecule has 3 aromatic carbocycles. The van der Waals surface area contributed by atoms with E-state index in [0.717, 1.165) is 34.6 Å². The molecule has 1 fully saturated rings. The van der Waals surface area contributed by atoms with E-state index >= 15 is 0 Å². The molecule has 1 aliphatic carbocycles. The molecule has 0 N–H and O–H groups in total. The SMILES string of the molecule is CCOC(=O)C1CC1c1ccc(OCc2ccc(OC/C=N/OCc3ccc(C#N)cc3)cc2)cc1. The summed E-state index contributed by atoms with van der Waals surface area (Å²) in [5, 5.41) is 12.7. The average molecular weight is 485 g/mol. The fourth-order valence-electron chi connectivity index (χ4n) is 3.74. The molecule has 0 radical (unpaired) electrons. The van der Waals surface area contributed by atoms with Crippen molar-refractivity contribution >= 4 is 12.2 Å². The maximum Gasteiger partial charge on any atom is 0.309 e. The molecule has 0 spiro atoms. The van der Waals surface area contributed by atoms with E-state index in [0.29, 0.717) is 25.4 Å². The van der Waals surface area contributed by atoms with Crippen LogP contribution in [0.4, 0.5) is 0 Å². The van der Waals surface area contributed by atoms with Crippen LogP contribution in [0, 0.1) is 17.2 Å². The maximum atomic E-state index is 11.8. The third kappa shape index (κ3) is 7.09. The van der Waals surface area contributed by atoms with Gasteiger partial charge in [0.1, 0.15) is 31.3 Å². The molecular weight excluding hydrogens is 456 g/mol. The molecule has 0 amide bonds. The van der Waals surface area contributed by atoms with Crippen molar-refractivity contribution in [1.29, 1.82) is 5.26 Å². The Balaban J connectivity index is 1.14. The van der Waals surface area contributed by atoms with E-state index in [-0.39, 0.29) is 24.4 Å². The summed E-state index contributed by atoms with van der Waals surface area (Å²) in [5.74, 6) is 1.65. The first-order valence-electron chi connectivity index (χ1n) is 11.9. The molecule has 0 aromatic heterocycles. The molecule has 0 heterocycles. The zero-order chi connectivity index (χ0) is 25.2. The molecule has 7 nitrogen and oxygen atoms in total. The third-order valence-electron chi connectivity index (χ3n) is 5.80. The van der Waals surface area contributed by atoms with Crippen molar-refractivity contribution in [2.75, 3.05) is 13.2 Å². The van der Waals surface area contributed by atoms with Gasteiger partial charge in [0, 0.05) is 0 Å². The number of nitriles is 1. The van der Waals surface area contributed by atoms with Crippen molar-refractivity contribution < 1.29 is 23.8 Å². The molecule has 4 rings (SSSR count). The number of carbonyl (C=O) groups is 1. The molecule has 0 bridgehead atoms. The molecule has 7 heteroatoms. The summed E-state index contributed by atoms with van der Waals surface area (Å²) in [4.78, 5) is 17.1. The summed E-state index contributed by atoms with van der Waals surface area (Å²) in [5.41, 5.74) is 3.72. The summed E-state index contributed by atoms with van der Waals surface area (Å²) in [6, 6.07) is 24.8. The summed E-state index contributed by atoms with van der Waals surface area (Å²) in [6.45, 7) is 3.31. The van der Waals surface area contributed by atoms with E-state index in [2.05, 4.69) is 11.2 Å². The van der Waals surface area contributed by atoms with Gasteiger partial charge in [-0.3, -0.25) is 4.79 Å². The molecule has 1 saturated carbocycles. The first kappa shape index (κ1) is 24.8. The van der Waals surface area contributed by atoms with E-state index in [1.807, 2.05) is 67.6 Å². The van der Waals surface area contributed by atoms with E-state index in [4.69, 9.17) is 24.3 Å². The minimum atomic E-state index is -0.101. The lowest BCUT2D eigenvalue weighted by Gasteiger charge is -2.09. The summed E-state index contributed by atoms with van der Waals surface area (Å²) in [7, 11) is 0. The molecular formula is C29H28N2O5. The zero-order valence-corrected chi connectivity index (χ0v) is 20.1. The van der Waals surface area contributed by atoms with E-state index in [9.17, 15) is 4.79 Å². The van der Waals surface area contributed by atoms with Gasteiger partial charge in [0.2, 0.25) is 0 Å². The van der Waals surface area contributed by atoms with Crippen molar-refractivity contribution in [3.63, 3.8) is 0 Å². The van der Waals surface area contributed by atoms with E-state index in [1.54, 1.807) is 18.3 Å². The summed E-state index contributed by atoms with van der Waals surface area (Å²) >= 11 is 0. The number of hydrogen-bond acceptors (Lipinski definition) is 7. The van der Waals surface area contributed by atoms with Crippen LogP contribution >= 0.6 is 0 Å². The quantitative estimate of drug-likeness (QED) is 0.195. The summed E-state index contributed by atoms with van der Waals surface area (Å²) < 4.78 is 16.6. The monoisotopic (exact) mass is 484 g/mol. The van der Waals surface area contributed by atoms with Crippen molar-refractivity contribution in [3.05, 3.63) is 95.1 Å². The van der Waals surface area contributed by atoms with Gasteiger partial charge in [-0.1, -0.05) is 41.6 Å². The fraction of sp³-hybridized carbons (Fsp3) is 0.276. The predicted octanol–water partition coefficient (Wildman–Crippen LogP) is 5.39. The van der Waals surface area contributed by atoms with Crippen LogP contribution < -0.4 is 9.47 Å². The Kier molecular flexibility index (Phi) is 8.55. The predicted molar refractivity (Wildman–Crippen MR) is 135 cm³/mol. The fourth-order valence-corrected chi connectivity index (χ4v) is 3.74. The van der Waals surface area contributed by atoms with Gasteiger partial charge in [0.05, 0.1) is 30.4 Å². The van der Waals surface area contributed by atoms with Crippen molar-refractivity contribution in [2.45, 2.75) is 32.5 Å². The molecule has 36 heavy (non-hydrogen) atoms. The number of rotatable bonds is 12. The normalized spacial score (nSPS) is 16.2. The largest absolute Gasteiger partial charge is 0.489 e. The Bertz CT molecular complexity index is 1200. The lowest BCUT2D eigenvalue weighted by atomic mass is 10.1. The molecule has 1 aliphatic rings. The highest BCUT2D eigenvalue weighted by atomic mass is 16.6. The zero-order valence-electron chi connectivity index (χ0n) is 20.1. The van der Waals surface area contributed by atoms with Crippen molar-refractivity contribution in [3.8, 4) is 17.6 Å². The lowest BCUT2D eigenvalue weighted by Crippen LogP contribution is -2.07. The Morgan fingerprint density at radius 1 is 0.944 bits per heavy atom. The van der Waals surface area contributed by atoms with Gasteiger partial charge in [-0.2, -0.15) is 5.26 Å². The lowest BCUT2D eigenvalue weighted by molar-refractivity contribution is -0.144. The Labute approximate surface area is 210 Å². The topological polar surface area (TPSA) is 90.1 Å². The molecule has 2 atom stereocenters. The maximum absolute atomic E-state index is 11.8. The van der Waals surface area contributed by atoms with Crippen LogP contribution in [0.1, 0.15) is 41.5 Å². The second-order valence-corrected chi connectivity index (χ2v) is 8.38. The highest BCUT2D eigenvalue weighted by Crippen LogP contribution is 2.48. The van der Waals surface area contributed by atoms with E-state index < -0.39 is 0 Å². The molecule has 0 saturated heterocycles. The van der Waals surface area contributed by atoms with Crippen LogP contribution in [0.2, 0.25) is 0 Å². The number of nitrogens with zero attached hydrogens (tertiary/aromatic N) is 2. The smallest absolute Gasteiger partial charge is 0.309 e. The van der Waals surface area contributed by atoms with Gasteiger partial charge in [0.25, 0.3) is 0 Å². The number of benzene rings is 3. The molecule has 0 aliphatic heterocycles. The second-order valence-electron chi connectivity index (χ2n) is 8.38. The highest BCUT2D eigenvalue weighted by Gasteiger charge is 2.45. The first-order valence-corrected chi connectivity index (χ1v) is 11.9. The van der Waals surface area contributed by atoms with Gasteiger partial charge in [-0.25, -0.2) is 0 Å². The van der Waals surface area contributed by atoms with Crippen molar-refractivity contribution in [1.82, 2.24) is 0 Å². The van der Waals surface area contributed by atoms with Crippen LogP contribution in [0.15, 0.2) is 78.0 Å². The van der Waals surface area contributed by atoms with Gasteiger partial charge >= 0.3 is 5.97 Å². The van der Waals surface area contributed by atoms with Gasteiger partial charge in [-0.15, -0.1) is 0 Å². The number of oxime groups is 1.